The maximum atomic E-state index is 13.8. The van der Waals surface area contributed by atoms with Gasteiger partial charge in [-0.1, -0.05) is 97.2 Å². The molecule has 1 amide bonds. The van der Waals surface area contributed by atoms with E-state index in [1.54, 1.807) is 0 Å². The van der Waals surface area contributed by atoms with Gasteiger partial charge >= 0.3 is 0 Å². The molecule has 2 aliphatic heterocycles. The minimum Gasteiger partial charge on any atom is -0.335 e. The van der Waals surface area contributed by atoms with E-state index in [0.717, 1.165) is 42.9 Å². The topological polar surface area (TPSA) is 23.6 Å². The van der Waals surface area contributed by atoms with Crippen molar-refractivity contribution in [3.63, 3.8) is 0 Å². The molecule has 2 atom stereocenters. The summed E-state index contributed by atoms with van der Waals surface area (Å²) in [4.78, 5) is 18.3. The van der Waals surface area contributed by atoms with Crippen LogP contribution in [0.1, 0.15) is 60.0 Å². The Morgan fingerprint density at radius 2 is 1.55 bits per heavy atom. The van der Waals surface area contributed by atoms with Crippen LogP contribution < -0.4 is 0 Å². The van der Waals surface area contributed by atoms with Crippen molar-refractivity contribution in [3.8, 4) is 0 Å². The molecule has 2 unspecified atom stereocenters. The molecule has 33 heavy (non-hydrogen) atoms. The van der Waals surface area contributed by atoms with Gasteiger partial charge in [0.15, 0.2) is 0 Å². The molecule has 0 N–H and O–H groups in total. The molecule has 2 aliphatic rings. The summed E-state index contributed by atoms with van der Waals surface area (Å²) in [7, 11) is 0. The second-order valence-corrected chi connectivity index (χ2v) is 9.61. The average Bonchev–Trinajstić information content (AvgIpc) is 3.11. The summed E-state index contributed by atoms with van der Waals surface area (Å²) in [5.74, 6) is 0.224. The predicted molar refractivity (Wildman–Crippen MR) is 134 cm³/mol. The van der Waals surface area contributed by atoms with Crippen LogP contribution in [0.2, 0.25) is 5.02 Å². The van der Waals surface area contributed by atoms with Gasteiger partial charge in [0.25, 0.3) is 0 Å². The molecule has 0 aromatic heterocycles. The lowest BCUT2D eigenvalue weighted by molar-refractivity contribution is -0.135. The number of likely N-dealkylation sites (tertiary alicyclic amines) is 1. The van der Waals surface area contributed by atoms with E-state index in [1.165, 1.54) is 29.5 Å². The van der Waals surface area contributed by atoms with Crippen LogP contribution >= 0.6 is 11.6 Å². The summed E-state index contributed by atoms with van der Waals surface area (Å²) in [6.07, 6.45) is 5.42. The van der Waals surface area contributed by atoms with Crippen molar-refractivity contribution in [2.24, 2.45) is 0 Å². The predicted octanol–water partition coefficient (Wildman–Crippen LogP) is 6.43. The maximum Gasteiger partial charge on any atom is 0.237 e. The third-order valence-electron chi connectivity index (χ3n) is 7.18. The average molecular weight is 459 g/mol. The zero-order chi connectivity index (χ0) is 22.6. The Labute approximate surface area is 202 Å². The van der Waals surface area contributed by atoms with Gasteiger partial charge in [-0.2, -0.15) is 0 Å². The summed E-state index contributed by atoms with van der Waals surface area (Å²) in [6, 6.07) is 27.4. The standard InChI is InChI=1S/C29H31ClN2O/c30-26-16-9-8-15-25(26)29-24-14-7-6-11-22(24)18-20-31(29)21-28(33)32-19-10-2-5-17-27(32)23-12-3-1-4-13-23/h1,3-4,6-9,11-16,27,29H,2,5,10,17-21H2. The Bertz CT molecular complexity index is 1100. The third kappa shape index (κ3) is 4.71. The number of amides is 1. The molecular weight excluding hydrogens is 428 g/mol. The lowest BCUT2D eigenvalue weighted by Gasteiger charge is -2.39. The first-order valence-electron chi connectivity index (χ1n) is 12.1. The number of carbonyl (C=O) groups is 1. The van der Waals surface area contributed by atoms with Crippen LogP contribution in [0.25, 0.3) is 0 Å². The molecule has 0 saturated carbocycles. The first kappa shape index (κ1) is 22.2. The van der Waals surface area contributed by atoms with Crippen LogP contribution in [-0.2, 0) is 11.2 Å². The van der Waals surface area contributed by atoms with E-state index in [2.05, 4.69) is 64.4 Å². The molecular formula is C29H31ClN2O. The molecule has 0 aliphatic carbocycles. The molecule has 0 bridgehead atoms. The number of hydrogen-bond acceptors (Lipinski definition) is 2. The molecule has 3 nitrogen and oxygen atoms in total. The molecule has 170 valence electrons. The molecule has 2 heterocycles. The van der Waals surface area contributed by atoms with Crippen LogP contribution in [0.3, 0.4) is 0 Å². The zero-order valence-corrected chi connectivity index (χ0v) is 19.8. The van der Waals surface area contributed by atoms with Crippen LogP contribution in [0.4, 0.5) is 0 Å². The van der Waals surface area contributed by atoms with Crippen molar-refractivity contribution >= 4 is 17.5 Å². The molecule has 0 radical (unpaired) electrons. The summed E-state index contributed by atoms with van der Waals surface area (Å²) in [5.41, 5.74) is 4.94. The fraction of sp³-hybridized carbons (Fsp3) is 0.345. The van der Waals surface area contributed by atoms with E-state index in [4.69, 9.17) is 11.6 Å². The van der Waals surface area contributed by atoms with Crippen molar-refractivity contribution in [2.75, 3.05) is 19.6 Å². The lowest BCUT2D eigenvalue weighted by Crippen LogP contribution is -2.45. The molecule has 3 aromatic carbocycles. The molecule has 5 rings (SSSR count). The van der Waals surface area contributed by atoms with Crippen LogP contribution in [0.5, 0.6) is 0 Å². The highest BCUT2D eigenvalue weighted by molar-refractivity contribution is 6.31. The van der Waals surface area contributed by atoms with Gasteiger partial charge in [-0.05, 0) is 47.6 Å². The highest BCUT2D eigenvalue weighted by atomic mass is 35.5. The van der Waals surface area contributed by atoms with Crippen molar-refractivity contribution in [1.82, 2.24) is 9.80 Å². The Morgan fingerprint density at radius 1 is 0.818 bits per heavy atom. The van der Waals surface area contributed by atoms with Gasteiger partial charge in [0.2, 0.25) is 5.91 Å². The van der Waals surface area contributed by atoms with Crippen molar-refractivity contribution in [3.05, 3.63) is 106 Å². The van der Waals surface area contributed by atoms with Gasteiger partial charge < -0.3 is 4.90 Å². The normalized spacial score (nSPS) is 21.3. The van der Waals surface area contributed by atoms with Crippen molar-refractivity contribution < 1.29 is 4.79 Å². The van der Waals surface area contributed by atoms with E-state index >= 15 is 0 Å². The third-order valence-corrected chi connectivity index (χ3v) is 7.52. The lowest BCUT2D eigenvalue weighted by atomic mass is 9.88. The summed E-state index contributed by atoms with van der Waals surface area (Å²) in [5, 5.41) is 0.758. The van der Waals surface area contributed by atoms with E-state index in [9.17, 15) is 4.79 Å². The molecule has 3 aromatic rings. The number of carbonyl (C=O) groups excluding carboxylic acids is 1. The second-order valence-electron chi connectivity index (χ2n) is 9.21. The number of benzene rings is 3. The van der Waals surface area contributed by atoms with Gasteiger partial charge in [-0.3, -0.25) is 9.69 Å². The van der Waals surface area contributed by atoms with E-state index in [1.807, 2.05) is 24.3 Å². The van der Waals surface area contributed by atoms with Crippen LogP contribution in [-0.4, -0.2) is 35.3 Å². The number of rotatable bonds is 4. The maximum absolute atomic E-state index is 13.8. The van der Waals surface area contributed by atoms with Gasteiger partial charge in [0.05, 0.1) is 18.6 Å². The first-order chi connectivity index (χ1) is 16.2. The quantitative estimate of drug-likeness (QED) is 0.449. The SMILES string of the molecule is O=C(CN1CCc2ccccc2C1c1ccccc1Cl)N1CCCCCC1c1ccccc1. The second kappa shape index (κ2) is 10.1. The Hall–Kier alpha value is -2.62. The summed E-state index contributed by atoms with van der Waals surface area (Å²) < 4.78 is 0. The fourth-order valence-corrected chi connectivity index (χ4v) is 5.78. The zero-order valence-electron chi connectivity index (χ0n) is 19.0. The van der Waals surface area contributed by atoms with Gasteiger partial charge in [0, 0.05) is 18.1 Å². The first-order valence-corrected chi connectivity index (χ1v) is 12.5. The van der Waals surface area contributed by atoms with Crippen molar-refractivity contribution in [1.29, 1.82) is 0 Å². The highest BCUT2D eigenvalue weighted by Gasteiger charge is 2.34. The summed E-state index contributed by atoms with van der Waals surface area (Å²) >= 11 is 6.68. The number of fused-ring (bicyclic) bond motifs is 1. The van der Waals surface area contributed by atoms with Gasteiger partial charge in [0.1, 0.15) is 0 Å². The van der Waals surface area contributed by atoms with Gasteiger partial charge in [-0.25, -0.2) is 0 Å². The summed E-state index contributed by atoms with van der Waals surface area (Å²) in [6.45, 7) is 2.09. The number of halogens is 1. The monoisotopic (exact) mass is 458 g/mol. The van der Waals surface area contributed by atoms with Crippen LogP contribution in [0.15, 0.2) is 78.9 Å². The van der Waals surface area contributed by atoms with Crippen LogP contribution in [0, 0.1) is 0 Å². The minimum absolute atomic E-state index is 0.00486. The van der Waals surface area contributed by atoms with Gasteiger partial charge in [-0.15, -0.1) is 0 Å². The number of nitrogens with zero attached hydrogens (tertiary/aromatic N) is 2. The van der Waals surface area contributed by atoms with E-state index < -0.39 is 0 Å². The minimum atomic E-state index is -0.00486. The van der Waals surface area contributed by atoms with E-state index in [-0.39, 0.29) is 18.0 Å². The van der Waals surface area contributed by atoms with E-state index in [0.29, 0.717) is 6.54 Å². The highest BCUT2D eigenvalue weighted by Crippen LogP contribution is 2.38. The smallest absolute Gasteiger partial charge is 0.237 e. The number of hydrogen-bond donors (Lipinski definition) is 0. The Morgan fingerprint density at radius 3 is 2.36 bits per heavy atom. The molecule has 4 heteroatoms. The largest absolute Gasteiger partial charge is 0.335 e. The molecule has 1 saturated heterocycles. The fourth-order valence-electron chi connectivity index (χ4n) is 5.54. The van der Waals surface area contributed by atoms with Crippen molar-refractivity contribution in [2.45, 2.75) is 44.2 Å². The Kier molecular flexibility index (Phi) is 6.80. The molecule has 0 spiro atoms. The Balaban J connectivity index is 1.45. The molecule has 1 fully saturated rings.